The van der Waals surface area contributed by atoms with Crippen LogP contribution in [0.15, 0.2) is 72.8 Å². The number of rotatable bonds is 8. The summed E-state index contributed by atoms with van der Waals surface area (Å²) in [5.41, 5.74) is 5.06. The molecule has 2 aromatic carbocycles. The topological polar surface area (TPSA) is 45.5 Å². The fourth-order valence-corrected chi connectivity index (χ4v) is 5.01. The van der Waals surface area contributed by atoms with Crippen molar-refractivity contribution in [2.45, 2.75) is 59.4 Å². The van der Waals surface area contributed by atoms with Crippen LogP contribution >= 0.6 is 0 Å². The van der Waals surface area contributed by atoms with Crippen LogP contribution in [-0.4, -0.2) is 25.0 Å². The SMILES string of the molecule is COc1cc(OCc2ccccc2)c(O[Si](C)(C)C(C)(C)C)cc1-c1cccc(-n2c(C)ccc2C)n1. The minimum absolute atomic E-state index is 0.0332. The molecule has 0 N–H and O–H groups in total. The van der Waals surface area contributed by atoms with E-state index in [1.54, 1.807) is 7.11 Å². The molecule has 0 radical (unpaired) electrons. The molecular formula is C31H38N2O3Si. The Morgan fingerprint density at radius 2 is 1.49 bits per heavy atom. The van der Waals surface area contributed by atoms with Gasteiger partial charge in [0.2, 0.25) is 0 Å². The number of benzene rings is 2. The van der Waals surface area contributed by atoms with E-state index in [0.717, 1.165) is 39.8 Å². The van der Waals surface area contributed by atoms with E-state index in [2.05, 4.69) is 76.5 Å². The highest BCUT2D eigenvalue weighted by molar-refractivity contribution is 6.74. The zero-order valence-electron chi connectivity index (χ0n) is 23.3. The van der Waals surface area contributed by atoms with Crippen LogP contribution in [0.3, 0.4) is 0 Å². The van der Waals surface area contributed by atoms with Gasteiger partial charge in [-0.05, 0) is 67.9 Å². The predicted molar refractivity (Wildman–Crippen MR) is 154 cm³/mol. The fraction of sp³-hybridized carbons (Fsp3) is 0.323. The molecule has 0 saturated carbocycles. The Bertz CT molecular complexity index is 1350. The van der Waals surface area contributed by atoms with Crippen LogP contribution in [0.25, 0.3) is 17.1 Å². The highest BCUT2D eigenvalue weighted by Crippen LogP contribution is 2.44. The van der Waals surface area contributed by atoms with Crippen molar-refractivity contribution in [2.75, 3.05) is 7.11 Å². The first-order valence-corrected chi connectivity index (χ1v) is 15.6. The van der Waals surface area contributed by atoms with Crippen molar-refractivity contribution in [3.8, 4) is 34.3 Å². The highest BCUT2D eigenvalue weighted by Gasteiger charge is 2.40. The summed E-state index contributed by atoms with van der Waals surface area (Å²) in [5.74, 6) is 2.95. The van der Waals surface area contributed by atoms with Crippen molar-refractivity contribution in [3.63, 3.8) is 0 Å². The molecule has 6 heteroatoms. The summed E-state index contributed by atoms with van der Waals surface area (Å²) in [6.07, 6.45) is 0. The smallest absolute Gasteiger partial charge is 0.250 e. The van der Waals surface area contributed by atoms with Crippen LogP contribution in [-0.2, 0) is 6.61 Å². The van der Waals surface area contributed by atoms with Crippen LogP contribution in [0.2, 0.25) is 18.1 Å². The molecule has 2 aromatic heterocycles. The number of pyridine rings is 1. The second-order valence-electron chi connectivity index (χ2n) is 11.0. The third-order valence-electron chi connectivity index (χ3n) is 7.18. The zero-order valence-corrected chi connectivity index (χ0v) is 24.3. The maximum atomic E-state index is 6.81. The number of hydrogen-bond donors (Lipinski definition) is 0. The van der Waals surface area contributed by atoms with Crippen LogP contribution < -0.4 is 13.9 Å². The monoisotopic (exact) mass is 514 g/mol. The number of aromatic nitrogens is 2. The van der Waals surface area contributed by atoms with Crippen molar-refractivity contribution in [1.82, 2.24) is 9.55 Å². The first-order valence-electron chi connectivity index (χ1n) is 12.7. The third kappa shape index (κ3) is 5.75. The van der Waals surface area contributed by atoms with Gasteiger partial charge in [-0.25, -0.2) is 4.98 Å². The molecule has 0 spiro atoms. The van der Waals surface area contributed by atoms with E-state index < -0.39 is 8.32 Å². The Balaban J connectivity index is 1.81. The minimum Gasteiger partial charge on any atom is -0.541 e. The molecule has 2 heterocycles. The van der Waals surface area contributed by atoms with Gasteiger partial charge in [0.05, 0.1) is 12.8 Å². The van der Waals surface area contributed by atoms with Gasteiger partial charge in [-0.1, -0.05) is 57.2 Å². The normalized spacial score (nSPS) is 11.9. The van der Waals surface area contributed by atoms with Gasteiger partial charge in [0.15, 0.2) is 5.75 Å². The van der Waals surface area contributed by atoms with E-state index in [9.17, 15) is 0 Å². The molecule has 0 aliphatic carbocycles. The summed E-state index contributed by atoms with van der Waals surface area (Å²) >= 11 is 0. The second kappa shape index (κ2) is 10.5. The van der Waals surface area contributed by atoms with Gasteiger partial charge in [-0.2, -0.15) is 0 Å². The number of ether oxygens (including phenoxy) is 2. The molecule has 0 fully saturated rings. The number of methoxy groups -OCH3 is 1. The van der Waals surface area contributed by atoms with E-state index >= 15 is 0 Å². The van der Waals surface area contributed by atoms with Crippen molar-refractivity contribution in [1.29, 1.82) is 0 Å². The van der Waals surface area contributed by atoms with Crippen LogP contribution in [0.5, 0.6) is 17.2 Å². The third-order valence-corrected chi connectivity index (χ3v) is 11.5. The molecule has 5 nitrogen and oxygen atoms in total. The van der Waals surface area contributed by atoms with E-state index in [1.807, 2.05) is 48.5 Å². The number of aryl methyl sites for hydroxylation is 2. The summed E-state index contributed by atoms with van der Waals surface area (Å²) in [6, 6.07) is 24.4. The molecule has 37 heavy (non-hydrogen) atoms. The molecular weight excluding hydrogens is 476 g/mol. The average Bonchev–Trinajstić information content (AvgIpc) is 3.20. The molecule has 4 aromatic rings. The highest BCUT2D eigenvalue weighted by atomic mass is 28.4. The van der Waals surface area contributed by atoms with Crippen LogP contribution in [0.4, 0.5) is 0 Å². The maximum Gasteiger partial charge on any atom is 0.250 e. The lowest BCUT2D eigenvalue weighted by molar-refractivity contribution is 0.292. The molecule has 0 bridgehead atoms. The first kappa shape index (κ1) is 26.5. The molecule has 4 rings (SSSR count). The summed E-state index contributed by atoms with van der Waals surface area (Å²) in [4.78, 5) is 5.02. The Hall–Kier alpha value is -3.51. The van der Waals surface area contributed by atoms with Crippen molar-refractivity contribution in [2.24, 2.45) is 0 Å². The molecule has 0 unspecified atom stereocenters. The molecule has 0 atom stereocenters. The van der Waals surface area contributed by atoms with Crippen molar-refractivity contribution < 1.29 is 13.9 Å². The van der Waals surface area contributed by atoms with Gasteiger partial charge >= 0.3 is 0 Å². The zero-order chi connectivity index (χ0) is 26.8. The molecule has 194 valence electrons. The standard InChI is InChI=1S/C31H38N2O3Si/c1-22-17-18-23(2)33(22)30-16-12-15-26(32-30)25-19-29(36-37(7,8)31(3,4)5)28(20-27(25)34-6)35-21-24-13-10-9-11-14-24/h9-20H,21H2,1-8H3. The lowest BCUT2D eigenvalue weighted by Crippen LogP contribution is -2.43. The van der Waals surface area contributed by atoms with Gasteiger partial charge in [-0.3, -0.25) is 0 Å². The van der Waals surface area contributed by atoms with E-state index in [1.165, 1.54) is 0 Å². The lowest BCUT2D eigenvalue weighted by atomic mass is 10.1. The Morgan fingerprint density at radius 1 is 0.811 bits per heavy atom. The van der Waals surface area contributed by atoms with Gasteiger partial charge in [0.1, 0.15) is 23.9 Å². The first-order chi connectivity index (χ1) is 17.5. The summed E-state index contributed by atoms with van der Waals surface area (Å²) in [5, 5.41) is 0.0332. The summed E-state index contributed by atoms with van der Waals surface area (Å²) in [7, 11) is -0.473. The van der Waals surface area contributed by atoms with E-state index in [0.29, 0.717) is 18.1 Å². The van der Waals surface area contributed by atoms with E-state index in [-0.39, 0.29) is 5.04 Å². The fourth-order valence-electron chi connectivity index (χ4n) is 3.99. The van der Waals surface area contributed by atoms with Crippen molar-refractivity contribution >= 4 is 8.32 Å². The van der Waals surface area contributed by atoms with Crippen LogP contribution in [0, 0.1) is 13.8 Å². The molecule has 0 saturated heterocycles. The van der Waals surface area contributed by atoms with Crippen LogP contribution in [0.1, 0.15) is 37.7 Å². The minimum atomic E-state index is -2.15. The number of hydrogen-bond acceptors (Lipinski definition) is 4. The number of nitrogens with zero attached hydrogens (tertiary/aromatic N) is 2. The average molecular weight is 515 g/mol. The maximum absolute atomic E-state index is 6.81. The molecule has 0 amide bonds. The Morgan fingerprint density at radius 3 is 2.11 bits per heavy atom. The van der Waals surface area contributed by atoms with Gasteiger partial charge in [-0.15, -0.1) is 0 Å². The largest absolute Gasteiger partial charge is 0.541 e. The summed E-state index contributed by atoms with van der Waals surface area (Å²) < 4.78 is 21.1. The van der Waals surface area contributed by atoms with E-state index in [4.69, 9.17) is 18.9 Å². The predicted octanol–water partition coefficient (Wildman–Crippen LogP) is 8.13. The molecule has 0 aliphatic rings. The second-order valence-corrected chi connectivity index (χ2v) is 15.7. The van der Waals surface area contributed by atoms with Gasteiger partial charge in [0.25, 0.3) is 8.32 Å². The van der Waals surface area contributed by atoms with Gasteiger partial charge in [0, 0.05) is 23.0 Å². The summed E-state index contributed by atoms with van der Waals surface area (Å²) in [6.45, 7) is 15.8. The Labute approximate surface area is 222 Å². The van der Waals surface area contributed by atoms with Gasteiger partial charge < -0.3 is 18.5 Å². The lowest BCUT2D eigenvalue weighted by Gasteiger charge is -2.37. The Kier molecular flexibility index (Phi) is 7.51. The molecule has 0 aliphatic heterocycles. The quantitative estimate of drug-likeness (QED) is 0.223. The van der Waals surface area contributed by atoms with Crippen molar-refractivity contribution in [3.05, 3.63) is 89.7 Å².